The third-order valence-corrected chi connectivity index (χ3v) is 5.09. The molecule has 1 aliphatic heterocycles. The Morgan fingerprint density at radius 3 is 2.85 bits per heavy atom. The molecule has 1 amide bonds. The van der Waals surface area contributed by atoms with Gasteiger partial charge in [0, 0.05) is 43.6 Å². The van der Waals surface area contributed by atoms with Crippen LogP contribution in [0.4, 0.5) is 5.82 Å². The van der Waals surface area contributed by atoms with E-state index in [0.717, 1.165) is 37.4 Å². The fourth-order valence-electron chi connectivity index (χ4n) is 3.70. The highest BCUT2D eigenvalue weighted by atomic mass is 16.1. The maximum atomic E-state index is 11.8. The molecule has 0 saturated carbocycles. The summed E-state index contributed by atoms with van der Waals surface area (Å²) in [6.45, 7) is 4.46. The molecular formula is C20H23N5O. The van der Waals surface area contributed by atoms with Crippen molar-refractivity contribution < 1.29 is 4.79 Å². The van der Waals surface area contributed by atoms with E-state index >= 15 is 0 Å². The third kappa shape index (κ3) is 3.14. The van der Waals surface area contributed by atoms with Gasteiger partial charge in [0.2, 0.25) is 0 Å². The first-order valence-electron chi connectivity index (χ1n) is 9.17. The zero-order valence-corrected chi connectivity index (χ0v) is 14.9. The zero-order chi connectivity index (χ0) is 17.9. The van der Waals surface area contributed by atoms with E-state index in [-0.39, 0.29) is 5.91 Å². The quantitative estimate of drug-likeness (QED) is 0.759. The van der Waals surface area contributed by atoms with Gasteiger partial charge >= 0.3 is 0 Å². The lowest BCUT2D eigenvalue weighted by Gasteiger charge is -2.32. The van der Waals surface area contributed by atoms with E-state index in [1.54, 1.807) is 6.20 Å². The smallest absolute Gasteiger partial charge is 0.252 e. The van der Waals surface area contributed by atoms with Gasteiger partial charge in [-0.25, -0.2) is 9.97 Å². The number of hydrogen-bond donors (Lipinski definition) is 2. The first kappa shape index (κ1) is 16.6. The van der Waals surface area contributed by atoms with Gasteiger partial charge in [-0.15, -0.1) is 0 Å². The van der Waals surface area contributed by atoms with Crippen molar-refractivity contribution in [2.45, 2.75) is 25.7 Å². The van der Waals surface area contributed by atoms with Crippen molar-refractivity contribution in [2.24, 2.45) is 0 Å². The number of hydrogen-bond acceptors (Lipinski definition) is 4. The Morgan fingerprint density at radius 2 is 2.12 bits per heavy atom. The molecule has 1 aliphatic rings. The number of carbonyl (C=O) groups excluding carboxylic acids is 1. The van der Waals surface area contributed by atoms with Gasteiger partial charge in [0.15, 0.2) is 0 Å². The van der Waals surface area contributed by atoms with E-state index in [9.17, 15) is 4.79 Å². The van der Waals surface area contributed by atoms with Crippen LogP contribution in [0.3, 0.4) is 0 Å². The second-order valence-corrected chi connectivity index (χ2v) is 6.67. The molecule has 0 radical (unpaired) electrons. The van der Waals surface area contributed by atoms with Gasteiger partial charge < -0.3 is 15.2 Å². The Labute approximate surface area is 152 Å². The van der Waals surface area contributed by atoms with Gasteiger partial charge in [-0.3, -0.25) is 4.79 Å². The monoisotopic (exact) mass is 349 g/mol. The predicted molar refractivity (Wildman–Crippen MR) is 103 cm³/mol. The van der Waals surface area contributed by atoms with Gasteiger partial charge in [0.25, 0.3) is 5.91 Å². The normalized spacial score (nSPS) is 15.3. The van der Waals surface area contributed by atoms with Gasteiger partial charge in [-0.2, -0.15) is 0 Å². The lowest BCUT2D eigenvalue weighted by Crippen LogP contribution is -2.33. The van der Waals surface area contributed by atoms with Crippen molar-refractivity contribution in [1.29, 1.82) is 0 Å². The fraction of sp³-hybridized carbons (Fsp3) is 0.350. The SMILES string of the molecule is CCNC(=O)c1ccc(N2CCC(c3c[nH]c4ncccc34)CC2)nc1. The maximum absolute atomic E-state index is 11.8. The summed E-state index contributed by atoms with van der Waals surface area (Å²) in [5, 5.41) is 4.03. The largest absolute Gasteiger partial charge is 0.357 e. The van der Waals surface area contributed by atoms with Gasteiger partial charge in [0.05, 0.1) is 5.56 Å². The van der Waals surface area contributed by atoms with Crippen LogP contribution in [0.25, 0.3) is 11.0 Å². The molecule has 0 spiro atoms. The van der Waals surface area contributed by atoms with Crippen LogP contribution in [0.15, 0.2) is 42.9 Å². The molecule has 1 saturated heterocycles. The number of aromatic nitrogens is 3. The van der Waals surface area contributed by atoms with Crippen molar-refractivity contribution in [3.05, 3.63) is 54.0 Å². The van der Waals surface area contributed by atoms with Crippen LogP contribution in [-0.2, 0) is 0 Å². The van der Waals surface area contributed by atoms with E-state index < -0.39 is 0 Å². The Kier molecular flexibility index (Phi) is 4.56. The van der Waals surface area contributed by atoms with Crippen molar-refractivity contribution in [2.75, 3.05) is 24.5 Å². The summed E-state index contributed by atoms with van der Waals surface area (Å²) in [6, 6.07) is 7.93. The number of aromatic amines is 1. The molecule has 0 bridgehead atoms. The fourth-order valence-corrected chi connectivity index (χ4v) is 3.70. The lowest BCUT2D eigenvalue weighted by molar-refractivity contribution is 0.0955. The lowest BCUT2D eigenvalue weighted by atomic mass is 9.89. The first-order valence-corrected chi connectivity index (χ1v) is 9.17. The van der Waals surface area contributed by atoms with Gasteiger partial charge in [0.1, 0.15) is 11.5 Å². The highest BCUT2D eigenvalue weighted by molar-refractivity contribution is 5.94. The Bertz CT molecular complexity index is 894. The van der Waals surface area contributed by atoms with E-state index in [0.29, 0.717) is 18.0 Å². The molecular weight excluding hydrogens is 326 g/mol. The molecule has 3 aromatic rings. The number of fused-ring (bicyclic) bond motifs is 1. The summed E-state index contributed by atoms with van der Waals surface area (Å²) >= 11 is 0. The molecule has 4 rings (SSSR count). The van der Waals surface area contributed by atoms with Crippen LogP contribution >= 0.6 is 0 Å². The average molecular weight is 349 g/mol. The second kappa shape index (κ2) is 7.15. The van der Waals surface area contributed by atoms with Crippen molar-refractivity contribution in [1.82, 2.24) is 20.3 Å². The summed E-state index contributed by atoms with van der Waals surface area (Å²) in [5.41, 5.74) is 2.94. The standard InChI is InChI=1S/C20H23N5O/c1-2-21-20(26)15-5-6-18(23-12-15)25-10-7-14(8-11-25)17-13-24-19-16(17)4-3-9-22-19/h3-6,9,12-14H,2,7-8,10-11H2,1H3,(H,21,26)(H,22,24). The topological polar surface area (TPSA) is 73.9 Å². The number of nitrogens with zero attached hydrogens (tertiary/aromatic N) is 3. The first-order chi connectivity index (χ1) is 12.8. The number of H-pyrrole nitrogens is 1. The molecule has 4 heterocycles. The summed E-state index contributed by atoms with van der Waals surface area (Å²) in [6.07, 6.45) is 7.76. The minimum Gasteiger partial charge on any atom is -0.357 e. The molecule has 26 heavy (non-hydrogen) atoms. The average Bonchev–Trinajstić information content (AvgIpc) is 3.13. The summed E-state index contributed by atoms with van der Waals surface area (Å²) < 4.78 is 0. The van der Waals surface area contributed by atoms with Crippen molar-refractivity contribution in [3.63, 3.8) is 0 Å². The minimum absolute atomic E-state index is 0.0711. The Hall–Kier alpha value is -2.89. The highest BCUT2D eigenvalue weighted by Gasteiger charge is 2.23. The predicted octanol–water partition coefficient (Wildman–Crippen LogP) is 3.09. The number of amides is 1. The zero-order valence-electron chi connectivity index (χ0n) is 14.9. The van der Waals surface area contributed by atoms with Crippen molar-refractivity contribution in [3.8, 4) is 0 Å². The van der Waals surface area contributed by atoms with Gasteiger partial charge in [-0.05, 0) is 55.5 Å². The third-order valence-electron chi connectivity index (χ3n) is 5.09. The summed E-state index contributed by atoms with van der Waals surface area (Å²) in [5.74, 6) is 1.41. The van der Waals surface area contributed by atoms with Gasteiger partial charge in [-0.1, -0.05) is 0 Å². The van der Waals surface area contributed by atoms with Crippen molar-refractivity contribution >= 4 is 22.8 Å². The molecule has 0 atom stereocenters. The molecule has 1 fully saturated rings. The number of nitrogens with one attached hydrogen (secondary N) is 2. The number of anilines is 1. The van der Waals surface area contributed by atoms with E-state index in [4.69, 9.17) is 0 Å². The molecule has 134 valence electrons. The van der Waals surface area contributed by atoms with Crippen LogP contribution in [-0.4, -0.2) is 40.5 Å². The molecule has 6 heteroatoms. The summed E-state index contributed by atoms with van der Waals surface area (Å²) in [4.78, 5) is 26.3. The molecule has 0 aliphatic carbocycles. The Balaban J connectivity index is 1.43. The molecule has 3 aromatic heterocycles. The number of rotatable bonds is 4. The second-order valence-electron chi connectivity index (χ2n) is 6.67. The number of pyridine rings is 2. The van der Waals surface area contributed by atoms with E-state index in [1.807, 2.05) is 31.3 Å². The molecule has 6 nitrogen and oxygen atoms in total. The minimum atomic E-state index is -0.0711. The molecule has 0 aromatic carbocycles. The van der Waals surface area contributed by atoms with Crippen LogP contribution in [0.2, 0.25) is 0 Å². The number of carbonyl (C=O) groups is 1. The van der Waals surface area contributed by atoms with Crippen LogP contribution in [0.1, 0.15) is 41.6 Å². The molecule has 0 unspecified atom stereocenters. The number of piperidine rings is 1. The van der Waals surface area contributed by atoms with Crippen LogP contribution < -0.4 is 10.2 Å². The Morgan fingerprint density at radius 1 is 1.27 bits per heavy atom. The van der Waals surface area contributed by atoms with Crippen LogP contribution in [0.5, 0.6) is 0 Å². The highest BCUT2D eigenvalue weighted by Crippen LogP contribution is 2.33. The summed E-state index contributed by atoms with van der Waals surface area (Å²) in [7, 11) is 0. The molecule has 2 N–H and O–H groups in total. The van der Waals surface area contributed by atoms with Crippen LogP contribution in [0, 0.1) is 0 Å². The van der Waals surface area contributed by atoms with E-state index in [2.05, 4.69) is 37.4 Å². The van der Waals surface area contributed by atoms with E-state index in [1.165, 1.54) is 10.9 Å². The maximum Gasteiger partial charge on any atom is 0.252 e.